The standard InChI is InChI=1S/C12H19N3/c1-10-4-5-12(11(2)13-10)15-8-6-14(3)7-9-15/h4-5H,6-9H2,1-3H3. The SMILES string of the molecule is Cc1ccc(N2CCN(C)CC2)c(C)n1. The number of aromatic nitrogens is 1. The summed E-state index contributed by atoms with van der Waals surface area (Å²) in [7, 11) is 2.18. The van der Waals surface area contributed by atoms with E-state index in [0.717, 1.165) is 37.6 Å². The summed E-state index contributed by atoms with van der Waals surface area (Å²) in [6.07, 6.45) is 0. The number of nitrogens with zero attached hydrogens (tertiary/aromatic N) is 3. The molecule has 1 aromatic heterocycles. The van der Waals surface area contributed by atoms with Gasteiger partial charge in [-0.2, -0.15) is 0 Å². The van der Waals surface area contributed by atoms with Crippen LogP contribution in [0.4, 0.5) is 5.69 Å². The van der Waals surface area contributed by atoms with E-state index in [0.29, 0.717) is 0 Å². The maximum atomic E-state index is 4.51. The predicted octanol–water partition coefficient (Wildman–Crippen LogP) is 1.45. The van der Waals surface area contributed by atoms with E-state index in [1.54, 1.807) is 0 Å². The van der Waals surface area contributed by atoms with Crippen LogP contribution in [0.1, 0.15) is 11.4 Å². The van der Waals surface area contributed by atoms with Gasteiger partial charge in [-0.05, 0) is 33.0 Å². The van der Waals surface area contributed by atoms with Gasteiger partial charge in [0, 0.05) is 31.9 Å². The second kappa shape index (κ2) is 4.19. The molecule has 0 spiro atoms. The quantitative estimate of drug-likeness (QED) is 0.692. The van der Waals surface area contributed by atoms with Gasteiger partial charge in [0.1, 0.15) is 0 Å². The Bertz CT molecular complexity index is 341. The number of anilines is 1. The van der Waals surface area contributed by atoms with Gasteiger partial charge in [0.15, 0.2) is 0 Å². The zero-order chi connectivity index (χ0) is 10.8. The summed E-state index contributed by atoms with van der Waals surface area (Å²) in [6.45, 7) is 8.66. The van der Waals surface area contributed by atoms with Crippen molar-refractivity contribution in [3.63, 3.8) is 0 Å². The Labute approximate surface area is 91.7 Å². The third-order valence-electron chi connectivity index (χ3n) is 3.04. The molecule has 1 aromatic rings. The van der Waals surface area contributed by atoms with Crippen LogP contribution >= 0.6 is 0 Å². The summed E-state index contributed by atoms with van der Waals surface area (Å²) in [5.41, 5.74) is 3.55. The number of piperazine rings is 1. The maximum Gasteiger partial charge on any atom is 0.0608 e. The maximum absolute atomic E-state index is 4.51. The Morgan fingerprint density at radius 1 is 1.07 bits per heavy atom. The Kier molecular flexibility index (Phi) is 2.91. The molecule has 2 rings (SSSR count). The first-order valence-electron chi connectivity index (χ1n) is 5.54. The van der Waals surface area contributed by atoms with Crippen LogP contribution in [0.2, 0.25) is 0 Å². The van der Waals surface area contributed by atoms with Crippen molar-refractivity contribution in [3.05, 3.63) is 23.5 Å². The highest BCUT2D eigenvalue weighted by atomic mass is 15.2. The summed E-state index contributed by atoms with van der Waals surface area (Å²) in [5.74, 6) is 0. The molecule has 0 aromatic carbocycles. The van der Waals surface area contributed by atoms with Gasteiger partial charge in [-0.25, -0.2) is 0 Å². The van der Waals surface area contributed by atoms with Crippen LogP contribution in [0, 0.1) is 13.8 Å². The molecule has 15 heavy (non-hydrogen) atoms. The van der Waals surface area contributed by atoms with Crippen LogP contribution in [0.25, 0.3) is 0 Å². The van der Waals surface area contributed by atoms with E-state index in [9.17, 15) is 0 Å². The molecule has 1 saturated heterocycles. The Morgan fingerprint density at radius 3 is 2.33 bits per heavy atom. The molecule has 0 bridgehead atoms. The molecule has 0 unspecified atom stereocenters. The molecule has 2 heterocycles. The van der Waals surface area contributed by atoms with Crippen LogP contribution in [0.15, 0.2) is 12.1 Å². The summed E-state index contributed by atoms with van der Waals surface area (Å²) in [6, 6.07) is 4.30. The minimum atomic E-state index is 1.10. The molecular weight excluding hydrogens is 186 g/mol. The van der Waals surface area contributed by atoms with Gasteiger partial charge in [-0.1, -0.05) is 0 Å². The second-order valence-electron chi connectivity index (χ2n) is 4.35. The largest absolute Gasteiger partial charge is 0.368 e. The van der Waals surface area contributed by atoms with Crippen molar-refractivity contribution in [2.45, 2.75) is 13.8 Å². The minimum Gasteiger partial charge on any atom is -0.368 e. The van der Waals surface area contributed by atoms with Gasteiger partial charge in [0.25, 0.3) is 0 Å². The summed E-state index contributed by atoms with van der Waals surface area (Å²) in [5, 5.41) is 0. The first-order chi connectivity index (χ1) is 7.16. The zero-order valence-corrected chi connectivity index (χ0v) is 9.82. The Morgan fingerprint density at radius 2 is 1.73 bits per heavy atom. The molecular formula is C12H19N3. The lowest BCUT2D eigenvalue weighted by Crippen LogP contribution is -2.44. The van der Waals surface area contributed by atoms with E-state index < -0.39 is 0 Å². The molecule has 3 nitrogen and oxygen atoms in total. The number of pyridine rings is 1. The van der Waals surface area contributed by atoms with E-state index in [1.807, 2.05) is 6.92 Å². The van der Waals surface area contributed by atoms with Crippen LogP contribution in [0.5, 0.6) is 0 Å². The Balaban J connectivity index is 2.15. The highest BCUT2D eigenvalue weighted by Crippen LogP contribution is 2.19. The molecule has 0 aliphatic carbocycles. The van der Waals surface area contributed by atoms with Gasteiger partial charge < -0.3 is 9.80 Å². The molecule has 82 valence electrons. The fourth-order valence-corrected chi connectivity index (χ4v) is 2.06. The first kappa shape index (κ1) is 10.4. The van der Waals surface area contributed by atoms with E-state index in [2.05, 4.69) is 40.9 Å². The normalized spacial score (nSPS) is 18.2. The molecule has 1 aliphatic rings. The van der Waals surface area contributed by atoms with E-state index in [-0.39, 0.29) is 0 Å². The number of hydrogen-bond acceptors (Lipinski definition) is 3. The third kappa shape index (κ3) is 2.29. The van der Waals surface area contributed by atoms with Crippen molar-refractivity contribution in [1.82, 2.24) is 9.88 Å². The van der Waals surface area contributed by atoms with Gasteiger partial charge in [0.05, 0.1) is 11.4 Å². The van der Waals surface area contributed by atoms with Crippen molar-refractivity contribution in [2.75, 3.05) is 38.1 Å². The molecule has 0 N–H and O–H groups in total. The lowest BCUT2D eigenvalue weighted by Gasteiger charge is -2.34. The molecule has 0 atom stereocenters. The number of rotatable bonds is 1. The van der Waals surface area contributed by atoms with Crippen molar-refractivity contribution in [2.24, 2.45) is 0 Å². The van der Waals surface area contributed by atoms with Crippen molar-refractivity contribution in [1.29, 1.82) is 0 Å². The van der Waals surface area contributed by atoms with Gasteiger partial charge in [-0.15, -0.1) is 0 Å². The minimum absolute atomic E-state index is 1.10. The van der Waals surface area contributed by atoms with Gasteiger partial charge in [0.2, 0.25) is 0 Å². The topological polar surface area (TPSA) is 19.4 Å². The fraction of sp³-hybridized carbons (Fsp3) is 0.583. The Hall–Kier alpha value is -1.09. The van der Waals surface area contributed by atoms with E-state index >= 15 is 0 Å². The van der Waals surface area contributed by atoms with Gasteiger partial charge in [-0.3, -0.25) is 4.98 Å². The summed E-state index contributed by atoms with van der Waals surface area (Å²) in [4.78, 5) is 9.31. The number of likely N-dealkylation sites (N-methyl/N-ethyl adjacent to an activating group) is 1. The predicted molar refractivity (Wildman–Crippen MR) is 63.4 cm³/mol. The number of hydrogen-bond donors (Lipinski definition) is 0. The van der Waals surface area contributed by atoms with Crippen molar-refractivity contribution in [3.8, 4) is 0 Å². The van der Waals surface area contributed by atoms with Crippen molar-refractivity contribution < 1.29 is 0 Å². The van der Waals surface area contributed by atoms with Crippen LogP contribution in [-0.2, 0) is 0 Å². The second-order valence-corrected chi connectivity index (χ2v) is 4.35. The molecule has 1 fully saturated rings. The molecule has 1 aliphatic heterocycles. The lowest BCUT2D eigenvalue weighted by molar-refractivity contribution is 0.312. The van der Waals surface area contributed by atoms with E-state index in [4.69, 9.17) is 0 Å². The fourth-order valence-electron chi connectivity index (χ4n) is 2.06. The highest BCUT2D eigenvalue weighted by molar-refractivity contribution is 5.51. The molecule has 3 heteroatoms. The van der Waals surface area contributed by atoms with Crippen LogP contribution in [-0.4, -0.2) is 43.1 Å². The van der Waals surface area contributed by atoms with Crippen LogP contribution < -0.4 is 4.90 Å². The number of aryl methyl sites for hydroxylation is 2. The van der Waals surface area contributed by atoms with Crippen molar-refractivity contribution >= 4 is 5.69 Å². The third-order valence-corrected chi connectivity index (χ3v) is 3.04. The van der Waals surface area contributed by atoms with Crippen LogP contribution in [0.3, 0.4) is 0 Å². The van der Waals surface area contributed by atoms with E-state index in [1.165, 1.54) is 5.69 Å². The molecule has 0 amide bonds. The monoisotopic (exact) mass is 205 g/mol. The molecule has 0 saturated carbocycles. The summed E-state index contributed by atoms with van der Waals surface area (Å²) >= 11 is 0. The molecule has 0 radical (unpaired) electrons. The lowest BCUT2D eigenvalue weighted by atomic mass is 10.2. The average Bonchev–Trinajstić information content (AvgIpc) is 2.20. The van der Waals surface area contributed by atoms with Gasteiger partial charge >= 0.3 is 0 Å². The average molecular weight is 205 g/mol. The summed E-state index contributed by atoms with van der Waals surface area (Å²) < 4.78 is 0. The first-order valence-corrected chi connectivity index (χ1v) is 5.54. The zero-order valence-electron chi connectivity index (χ0n) is 9.82. The smallest absolute Gasteiger partial charge is 0.0608 e. The highest BCUT2D eigenvalue weighted by Gasteiger charge is 2.15.